The molecule has 0 bridgehead atoms. The number of rotatable bonds is 6. The van der Waals surface area contributed by atoms with Gasteiger partial charge in [-0.1, -0.05) is 17.7 Å². The van der Waals surface area contributed by atoms with E-state index in [4.69, 9.17) is 16.3 Å². The minimum atomic E-state index is -0.183. The Bertz CT molecular complexity index is 704. The number of nitrogens with zero attached hydrogens (tertiary/aromatic N) is 3. The molecule has 1 aromatic heterocycles. The maximum absolute atomic E-state index is 9.49. The van der Waals surface area contributed by atoms with Gasteiger partial charge in [-0.05, 0) is 38.0 Å². The molecule has 0 saturated heterocycles. The SMILES string of the molecule is Cc1nc(C2CC(O)C2)cc(N(C)CCOc2cccc(Cl)c2)n1. The van der Waals surface area contributed by atoms with E-state index in [2.05, 4.69) is 14.9 Å². The van der Waals surface area contributed by atoms with Crippen molar-refractivity contribution < 1.29 is 9.84 Å². The molecule has 1 aliphatic carbocycles. The number of aryl methyl sites for hydroxylation is 1. The zero-order valence-corrected chi connectivity index (χ0v) is 14.7. The quantitative estimate of drug-likeness (QED) is 0.869. The highest BCUT2D eigenvalue weighted by atomic mass is 35.5. The lowest BCUT2D eigenvalue weighted by molar-refractivity contribution is 0.0731. The average molecular weight is 348 g/mol. The second-order valence-electron chi connectivity index (χ2n) is 6.25. The summed E-state index contributed by atoms with van der Waals surface area (Å²) >= 11 is 5.95. The number of hydrogen-bond acceptors (Lipinski definition) is 5. The molecule has 1 heterocycles. The Balaban J connectivity index is 1.59. The fourth-order valence-electron chi connectivity index (χ4n) is 2.78. The van der Waals surface area contributed by atoms with Crippen LogP contribution in [0.3, 0.4) is 0 Å². The molecule has 0 unspecified atom stereocenters. The Morgan fingerprint density at radius 2 is 2.08 bits per heavy atom. The van der Waals surface area contributed by atoms with Crippen LogP contribution in [0.2, 0.25) is 5.02 Å². The maximum atomic E-state index is 9.49. The fourth-order valence-corrected chi connectivity index (χ4v) is 2.96. The first kappa shape index (κ1) is 17.0. The van der Waals surface area contributed by atoms with Gasteiger partial charge in [0.05, 0.1) is 12.6 Å². The van der Waals surface area contributed by atoms with Crippen molar-refractivity contribution in [3.63, 3.8) is 0 Å². The predicted octanol–water partition coefficient (Wildman–Crippen LogP) is 3.19. The normalized spacial score (nSPS) is 19.7. The summed E-state index contributed by atoms with van der Waals surface area (Å²) in [6.07, 6.45) is 1.40. The highest BCUT2D eigenvalue weighted by Crippen LogP contribution is 2.36. The van der Waals surface area contributed by atoms with Gasteiger partial charge in [0.15, 0.2) is 0 Å². The van der Waals surface area contributed by atoms with E-state index in [0.29, 0.717) is 24.1 Å². The zero-order chi connectivity index (χ0) is 17.1. The summed E-state index contributed by atoms with van der Waals surface area (Å²) < 4.78 is 5.73. The third kappa shape index (κ3) is 4.16. The van der Waals surface area contributed by atoms with Gasteiger partial charge < -0.3 is 14.7 Å². The Morgan fingerprint density at radius 3 is 2.79 bits per heavy atom. The molecule has 0 atom stereocenters. The molecule has 1 saturated carbocycles. The molecule has 0 amide bonds. The molecule has 1 fully saturated rings. The number of ether oxygens (including phenoxy) is 1. The topological polar surface area (TPSA) is 58.5 Å². The fraction of sp³-hybridized carbons (Fsp3) is 0.444. The van der Waals surface area contributed by atoms with Crippen LogP contribution >= 0.6 is 11.6 Å². The van der Waals surface area contributed by atoms with Crippen LogP contribution in [0.15, 0.2) is 30.3 Å². The number of hydrogen-bond donors (Lipinski definition) is 1. The lowest BCUT2D eigenvalue weighted by atomic mass is 9.80. The molecule has 1 aromatic carbocycles. The van der Waals surface area contributed by atoms with Crippen molar-refractivity contribution in [1.82, 2.24) is 9.97 Å². The van der Waals surface area contributed by atoms with Gasteiger partial charge in [-0.3, -0.25) is 0 Å². The van der Waals surface area contributed by atoms with E-state index in [0.717, 1.165) is 35.9 Å². The molecular weight excluding hydrogens is 326 g/mol. The third-order valence-electron chi connectivity index (χ3n) is 4.26. The second-order valence-corrected chi connectivity index (χ2v) is 6.68. The molecule has 2 aromatic rings. The van der Waals surface area contributed by atoms with Crippen molar-refractivity contribution in [2.24, 2.45) is 0 Å². The monoisotopic (exact) mass is 347 g/mol. The molecular formula is C18H22ClN3O2. The number of benzene rings is 1. The van der Waals surface area contributed by atoms with Crippen LogP contribution in [0.4, 0.5) is 5.82 Å². The molecule has 128 valence electrons. The summed E-state index contributed by atoms with van der Waals surface area (Å²) in [5.74, 6) is 2.75. The number of anilines is 1. The molecule has 0 spiro atoms. The van der Waals surface area contributed by atoms with E-state index in [1.165, 1.54) is 0 Å². The summed E-state index contributed by atoms with van der Waals surface area (Å²) in [5.41, 5.74) is 1.02. The van der Waals surface area contributed by atoms with Crippen LogP contribution in [0, 0.1) is 6.92 Å². The smallest absolute Gasteiger partial charge is 0.132 e. The van der Waals surface area contributed by atoms with Gasteiger partial charge in [-0.25, -0.2) is 9.97 Å². The Labute approximate surface area is 147 Å². The van der Waals surface area contributed by atoms with Gasteiger partial charge in [0.25, 0.3) is 0 Å². The van der Waals surface area contributed by atoms with Crippen LogP contribution < -0.4 is 9.64 Å². The number of likely N-dealkylation sites (N-methyl/N-ethyl adjacent to an activating group) is 1. The van der Waals surface area contributed by atoms with Crippen molar-refractivity contribution in [2.75, 3.05) is 25.1 Å². The van der Waals surface area contributed by atoms with Crippen LogP contribution in [0.5, 0.6) is 5.75 Å². The van der Waals surface area contributed by atoms with Crippen LogP contribution in [0.25, 0.3) is 0 Å². The Morgan fingerprint density at radius 1 is 1.29 bits per heavy atom. The minimum absolute atomic E-state index is 0.183. The summed E-state index contributed by atoms with van der Waals surface area (Å²) in [5, 5.41) is 10.2. The van der Waals surface area contributed by atoms with Gasteiger partial charge in [-0.2, -0.15) is 0 Å². The van der Waals surface area contributed by atoms with Gasteiger partial charge >= 0.3 is 0 Å². The minimum Gasteiger partial charge on any atom is -0.492 e. The van der Waals surface area contributed by atoms with Crippen LogP contribution in [0.1, 0.15) is 30.3 Å². The highest BCUT2D eigenvalue weighted by Gasteiger charge is 2.30. The molecule has 1 N–H and O–H groups in total. The molecule has 3 rings (SSSR count). The van der Waals surface area contributed by atoms with Gasteiger partial charge in [-0.15, -0.1) is 0 Å². The molecule has 1 aliphatic rings. The van der Waals surface area contributed by atoms with Crippen molar-refractivity contribution in [2.45, 2.75) is 31.8 Å². The number of aliphatic hydroxyl groups is 1. The largest absolute Gasteiger partial charge is 0.492 e. The lowest BCUT2D eigenvalue weighted by Gasteiger charge is -2.31. The molecule has 0 radical (unpaired) electrons. The Hall–Kier alpha value is -1.85. The number of aliphatic hydroxyl groups excluding tert-OH is 1. The maximum Gasteiger partial charge on any atom is 0.132 e. The average Bonchev–Trinajstić information content (AvgIpc) is 2.51. The predicted molar refractivity (Wildman–Crippen MR) is 95.0 cm³/mol. The first-order chi connectivity index (χ1) is 11.5. The zero-order valence-electron chi connectivity index (χ0n) is 13.9. The first-order valence-corrected chi connectivity index (χ1v) is 8.52. The van der Waals surface area contributed by atoms with Crippen LogP contribution in [-0.4, -0.2) is 41.4 Å². The molecule has 24 heavy (non-hydrogen) atoms. The number of halogens is 1. The van der Waals surface area contributed by atoms with Crippen molar-refractivity contribution in [3.8, 4) is 5.75 Å². The van der Waals surface area contributed by atoms with Gasteiger partial charge in [0.1, 0.15) is 24.0 Å². The summed E-state index contributed by atoms with van der Waals surface area (Å²) in [7, 11) is 1.99. The van der Waals surface area contributed by atoms with Crippen molar-refractivity contribution >= 4 is 17.4 Å². The summed E-state index contributed by atoms with van der Waals surface area (Å²) in [4.78, 5) is 11.1. The first-order valence-electron chi connectivity index (χ1n) is 8.14. The highest BCUT2D eigenvalue weighted by molar-refractivity contribution is 6.30. The molecule has 0 aliphatic heterocycles. The van der Waals surface area contributed by atoms with E-state index in [-0.39, 0.29) is 6.10 Å². The Kier molecular flexibility index (Phi) is 5.21. The van der Waals surface area contributed by atoms with E-state index >= 15 is 0 Å². The van der Waals surface area contributed by atoms with E-state index < -0.39 is 0 Å². The molecule has 5 nitrogen and oxygen atoms in total. The van der Waals surface area contributed by atoms with Crippen molar-refractivity contribution in [1.29, 1.82) is 0 Å². The standard InChI is InChI=1S/C18H22ClN3O2/c1-12-20-17(13-8-15(23)9-13)11-18(21-12)22(2)6-7-24-16-5-3-4-14(19)10-16/h3-5,10-11,13,15,23H,6-9H2,1-2H3. The number of aromatic nitrogens is 2. The summed E-state index contributed by atoms with van der Waals surface area (Å²) in [6.45, 7) is 3.14. The van der Waals surface area contributed by atoms with Crippen LogP contribution in [-0.2, 0) is 0 Å². The second kappa shape index (κ2) is 7.36. The van der Waals surface area contributed by atoms with Crippen molar-refractivity contribution in [3.05, 3.63) is 46.9 Å². The van der Waals surface area contributed by atoms with E-state index in [9.17, 15) is 5.11 Å². The molecule has 6 heteroatoms. The van der Waals surface area contributed by atoms with E-state index in [1.54, 1.807) is 6.07 Å². The van der Waals surface area contributed by atoms with Gasteiger partial charge in [0.2, 0.25) is 0 Å². The van der Waals surface area contributed by atoms with Gasteiger partial charge in [0, 0.05) is 29.7 Å². The third-order valence-corrected chi connectivity index (χ3v) is 4.49. The lowest BCUT2D eigenvalue weighted by Crippen LogP contribution is -2.29. The van der Waals surface area contributed by atoms with E-state index in [1.807, 2.05) is 38.2 Å². The summed E-state index contributed by atoms with van der Waals surface area (Å²) in [6, 6.07) is 9.40.